The number of amides is 1. The first-order valence-electron chi connectivity index (χ1n) is 13.3. The molecule has 2 fully saturated rings. The molecule has 6 nitrogen and oxygen atoms in total. The van der Waals surface area contributed by atoms with E-state index in [2.05, 4.69) is 11.8 Å². The Labute approximate surface area is 214 Å². The minimum Gasteiger partial charge on any atom is -0.494 e. The summed E-state index contributed by atoms with van der Waals surface area (Å²) in [4.78, 5) is 18.0. The van der Waals surface area contributed by atoms with E-state index in [1.165, 1.54) is 12.1 Å². The van der Waals surface area contributed by atoms with Gasteiger partial charge in [-0.15, -0.1) is 0 Å². The monoisotopic (exact) mass is 498 g/mol. The van der Waals surface area contributed by atoms with E-state index in [0.29, 0.717) is 26.4 Å². The standard InChI is InChI=1S/C29H39FN2O4/c1-2-18-35-27-9-5-23(6-10-27)20-29(33)32(21-24-3-7-25(30)8-4-24)26-11-15-31(16-12-26)17-13-28-14-19-34-22-36-28/h3-10,26,28H,2,11-22H2,1H3. The first-order valence-corrected chi connectivity index (χ1v) is 13.3. The van der Waals surface area contributed by atoms with E-state index in [1.807, 2.05) is 29.2 Å². The Balaban J connectivity index is 1.36. The lowest BCUT2D eigenvalue weighted by Crippen LogP contribution is -2.48. The lowest BCUT2D eigenvalue weighted by atomic mass is 10.00. The number of benzene rings is 2. The molecule has 2 aromatic rings. The van der Waals surface area contributed by atoms with Gasteiger partial charge in [-0.3, -0.25) is 4.79 Å². The molecule has 0 aromatic heterocycles. The topological polar surface area (TPSA) is 51.2 Å². The third kappa shape index (κ3) is 8.02. The number of rotatable bonds is 11. The molecule has 196 valence electrons. The van der Waals surface area contributed by atoms with E-state index in [1.54, 1.807) is 12.1 Å². The second-order valence-electron chi connectivity index (χ2n) is 9.78. The van der Waals surface area contributed by atoms with Gasteiger partial charge in [0.1, 0.15) is 18.4 Å². The van der Waals surface area contributed by atoms with Crippen LogP contribution in [0.2, 0.25) is 0 Å². The largest absolute Gasteiger partial charge is 0.494 e. The Morgan fingerprint density at radius 2 is 1.78 bits per heavy atom. The van der Waals surface area contributed by atoms with Gasteiger partial charge in [0.05, 0.1) is 25.7 Å². The third-order valence-corrected chi connectivity index (χ3v) is 7.07. The number of ether oxygens (including phenoxy) is 3. The van der Waals surface area contributed by atoms with Gasteiger partial charge in [-0.1, -0.05) is 31.2 Å². The van der Waals surface area contributed by atoms with Gasteiger partial charge >= 0.3 is 0 Å². The van der Waals surface area contributed by atoms with Gasteiger partial charge in [0, 0.05) is 32.2 Å². The molecular formula is C29H39FN2O4. The number of hydrogen-bond acceptors (Lipinski definition) is 5. The molecule has 36 heavy (non-hydrogen) atoms. The van der Waals surface area contributed by atoms with Gasteiger partial charge < -0.3 is 24.0 Å². The first-order chi connectivity index (χ1) is 17.6. The third-order valence-electron chi connectivity index (χ3n) is 7.07. The SMILES string of the molecule is CCCOc1ccc(CC(=O)N(Cc2ccc(F)cc2)C2CCN(CCC3CCOCO3)CC2)cc1. The second-order valence-corrected chi connectivity index (χ2v) is 9.78. The number of piperidine rings is 1. The summed E-state index contributed by atoms with van der Waals surface area (Å²) >= 11 is 0. The van der Waals surface area contributed by atoms with Crippen LogP contribution >= 0.6 is 0 Å². The normalized spacial score (nSPS) is 19.2. The highest BCUT2D eigenvalue weighted by Gasteiger charge is 2.28. The van der Waals surface area contributed by atoms with Gasteiger partial charge in [-0.2, -0.15) is 0 Å². The maximum atomic E-state index is 13.5. The van der Waals surface area contributed by atoms with Crippen molar-refractivity contribution in [2.45, 2.75) is 64.1 Å². The molecule has 2 aliphatic heterocycles. The van der Waals surface area contributed by atoms with Gasteiger partial charge in [0.25, 0.3) is 0 Å². The zero-order valence-electron chi connectivity index (χ0n) is 21.4. The Kier molecular flexibility index (Phi) is 10.1. The quantitative estimate of drug-likeness (QED) is 0.445. The molecule has 2 heterocycles. The molecule has 0 spiro atoms. The summed E-state index contributed by atoms with van der Waals surface area (Å²) in [6.07, 6.45) is 5.44. The summed E-state index contributed by atoms with van der Waals surface area (Å²) in [5, 5.41) is 0. The molecule has 7 heteroatoms. The fourth-order valence-corrected chi connectivity index (χ4v) is 4.92. The second kappa shape index (κ2) is 13.7. The molecule has 1 atom stereocenters. The lowest BCUT2D eigenvalue weighted by molar-refractivity contribution is -0.142. The van der Waals surface area contributed by atoms with Crippen molar-refractivity contribution in [3.8, 4) is 5.75 Å². The highest BCUT2D eigenvalue weighted by Crippen LogP contribution is 2.22. The fraction of sp³-hybridized carbons (Fsp3) is 0.552. The van der Waals surface area contributed by atoms with E-state index in [4.69, 9.17) is 14.2 Å². The minimum atomic E-state index is -0.260. The van der Waals surface area contributed by atoms with Crippen LogP contribution in [-0.4, -0.2) is 67.5 Å². The van der Waals surface area contributed by atoms with Gasteiger partial charge in [0.2, 0.25) is 5.91 Å². The molecule has 2 saturated heterocycles. The predicted molar refractivity (Wildman–Crippen MR) is 137 cm³/mol. The molecule has 2 aromatic carbocycles. The van der Waals surface area contributed by atoms with Crippen molar-refractivity contribution < 1.29 is 23.4 Å². The molecule has 0 saturated carbocycles. The zero-order chi connectivity index (χ0) is 25.2. The van der Waals surface area contributed by atoms with Crippen LogP contribution in [0.5, 0.6) is 5.75 Å². The minimum absolute atomic E-state index is 0.107. The van der Waals surface area contributed by atoms with Crippen molar-refractivity contribution in [1.29, 1.82) is 0 Å². The summed E-state index contributed by atoms with van der Waals surface area (Å²) < 4.78 is 30.1. The summed E-state index contributed by atoms with van der Waals surface area (Å²) in [7, 11) is 0. The maximum Gasteiger partial charge on any atom is 0.227 e. The Morgan fingerprint density at radius 3 is 2.44 bits per heavy atom. The van der Waals surface area contributed by atoms with Crippen LogP contribution in [0.3, 0.4) is 0 Å². The Morgan fingerprint density at radius 1 is 1.06 bits per heavy atom. The van der Waals surface area contributed by atoms with Crippen LogP contribution < -0.4 is 4.74 Å². The average Bonchev–Trinajstić information content (AvgIpc) is 2.92. The summed E-state index contributed by atoms with van der Waals surface area (Å²) in [5.41, 5.74) is 1.93. The van der Waals surface area contributed by atoms with Gasteiger partial charge in [-0.25, -0.2) is 4.39 Å². The fourth-order valence-electron chi connectivity index (χ4n) is 4.92. The van der Waals surface area contributed by atoms with Gasteiger partial charge in [0.15, 0.2) is 0 Å². The van der Waals surface area contributed by atoms with Crippen molar-refractivity contribution in [2.24, 2.45) is 0 Å². The van der Waals surface area contributed by atoms with Crippen LogP contribution in [0.1, 0.15) is 50.2 Å². The first kappa shape index (κ1) is 26.6. The van der Waals surface area contributed by atoms with E-state index < -0.39 is 0 Å². The maximum absolute atomic E-state index is 13.5. The van der Waals surface area contributed by atoms with Crippen molar-refractivity contribution in [3.63, 3.8) is 0 Å². The van der Waals surface area contributed by atoms with E-state index >= 15 is 0 Å². The molecule has 0 bridgehead atoms. The highest BCUT2D eigenvalue weighted by molar-refractivity contribution is 5.79. The van der Waals surface area contributed by atoms with E-state index in [-0.39, 0.29) is 23.9 Å². The molecule has 0 N–H and O–H groups in total. The van der Waals surface area contributed by atoms with Crippen molar-refractivity contribution in [3.05, 3.63) is 65.5 Å². The van der Waals surface area contributed by atoms with Gasteiger partial charge in [-0.05, 0) is 67.5 Å². The average molecular weight is 499 g/mol. The number of carbonyl (C=O) groups excluding carboxylic acids is 1. The summed E-state index contributed by atoms with van der Waals surface area (Å²) in [6.45, 7) is 7.38. The van der Waals surface area contributed by atoms with Crippen LogP contribution in [0, 0.1) is 5.82 Å². The number of nitrogens with zero attached hydrogens (tertiary/aromatic N) is 2. The predicted octanol–water partition coefficient (Wildman–Crippen LogP) is 4.80. The number of carbonyl (C=O) groups is 1. The molecule has 2 aliphatic rings. The number of halogens is 1. The van der Waals surface area contributed by atoms with Crippen molar-refractivity contribution in [1.82, 2.24) is 9.80 Å². The van der Waals surface area contributed by atoms with Crippen molar-refractivity contribution >= 4 is 5.91 Å². The molecular weight excluding hydrogens is 459 g/mol. The molecule has 1 unspecified atom stereocenters. The molecule has 1 amide bonds. The molecule has 4 rings (SSSR count). The lowest BCUT2D eigenvalue weighted by Gasteiger charge is -2.39. The summed E-state index contributed by atoms with van der Waals surface area (Å²) in [5.74, 6) is 0.675. The van der Waals surface area contributed by atoms with Crippen LogP contribution in [0.25, 0.3) is 0 Å². The van der Waals surface area contributed by atoms with Crippen LogP contribution in [0.4, 0.5) is 4.39 Å². The smallest absolute Gasteiger partial charge is 0.227 e. The number of hydrogen-bond donors (Lipinski definition) is 0. The van der Waals surface area contributed by atoms with Crippen LogP contribution in [0.15, 0.2) is 48.5 Å². The highest BCUT2D eigenvalue weighted by atomic mass is 19.1. The zero-order valence-corrected chi connectivity index (χ0v) is 21.4. The van der Waals surface area contributed by atoms with E-state index in [9.17, 15) is 9.18 Å². The molecule has 0 radical (unpaired) electrons. The Bertz CT molecular complexity index is 923. The Hall–Kier alpha value is -2.48. The molecule has 0 aliphatic carbocycles. The van der Waals surface area contributed by atoms with Crippen molar-refractivity contribution in [2.75, 3.05) is 39.6 Å². The number of likely N-dealkylation sites (tertiary alicyclic amines) is 1. The van der Waals surface area contributed by atoms with E-state index in [0.717, 1.165) is 75.2 Å². The van der Waals surface area contributed by atoms with Crippen LogP contribution in [-0.2, 0) is 27.2 Å². The summed E-state index contributed by atoms with van der Waals surface area (Å²) in [6, 6.07) is 14.5.